The van der Waals surface area contributed by atoms with E-state index in [1.54, 1.807) is 0 Å². The Kier molecular flexibility index (Phi) is 6.15. The van der Waals surface area contributed by atoms with E-state index in [-0.39, 0.29) is 0 Å². The molecule has 0 fully saturated rings. The van der Waals surface area contributed by atoms with Crippen molar-refractivity contribution in [3.63, 3.8) is 0 Å². The highest BCUT2D eigenvalue weighted by atomic mass is 15.0. The Bertz CT molecular complexity index is 2640. The van der Waals surface area contributed by atoms with E-state index in [2.05, 4.69) is 138 Å². The summed E-state index contributed by atoms with van der Waals surface area (Å²) >= 11 is 0. The summed E-state index contributed by atoms with van der Waals surface area (Å²) in [4.78, 5) is 15.2. The quantitative estimate of drug-likeness (QED) is 0.196. The van der Waals surface area contributed by atoms with Crippen LogP contribution >= 0.6 is 0 Å². The molecule has 0 aliphatic carbocycles. The van der Waals surface area contributed by atoms with E-state index in [0.717, 1.165) is 27.6 Å². The van der Waals surface area contributed by atoms with Crippen molar-refractivity contribution in [2.75, 3.05) is 0 Å². The molecule has 7 aromatic carbocycles. The summed E-state index contributed by atoms with van der Waals surface area (Å²) in [5.41, 5.74) is 13.5. The summed E-state index contributed by atoms with van der Waals surface area (Å²) in [7, 11) is 0. The number of benzene rings is 7. The van der Waals surface area contributed by atoms with Crippen LogP contribution in [0, 0.1) is 0 Å². The molecule has 4 nitrogen and oxygen atoms in total. The van der Waals surface area contributed by atoms with Crippen molar-refractivity contribution in [2.24, 2.45) is 0 Å². The second kappa shape index (κ2) is 11.0. The van der Waals surface area contributed by atoms with Gasteiger partial charge >= 0.3 is 0 Å². The zero-order valence-corrected chi connectivity index (χ0v) is 26.5. The zero-order chi connectivity index (χ0) is 32.3. The molecule has 2 aromatic heterocycles. The second-order valence-corrected chi connectivity index (χ2v) is 12.4. The van der Waals surface area contributed by atoms with Crippen molar-refractivity contribution in [3.05, 3.63) is 170 Å². The lowest BCUT2D eigenvalue weighted by atomic mass is 9.90. The molecule has 49 heavy (non-hydrogen) atoms. The standard InChI is InChI=1S/C45H28N4/c1-4-15-29(16-5-1)33-24-14-25-37-34-21-10-11-22-35(34)38-27-32(28-39-36-23-12-13-26-40(36)49(41(33)37)42(38)39)45-47-43(30-17-6-2-7-18-30)46-44(48-45)31-19-8-3-9-20-31/h1-28H. The number of para-hydroxylation sites is 2. The molecule has 1 aliphatic heterocycles. The lowest BCUT2D eigenvalue weighted by Gasteiger charge is -2.17. The summed E-state index contributed by atoms with van der Waals surface area (Å²) in [6, 6.07) is 59.8. The van der Waals surface area contributed by atoms with Crippen LogP contribution in [0.3, 0.4) is 0 Å². The molecule has 0 amide bonds. The van der Waals surface area contributed by atoms with Gasteiger partial charge in [-0.15, -0.1) is 0 Å². The van der Waals surface area contributed by atoms with Gasteiger partial charge in [0, 0.05) is 44.2 Å². The SMILES string of the molecule is c1ccc(-c2nc(-c3ccccc3)nc(-c3cc4c5c(c3)c3ccccc3n5-c3c(-c5ccccc5)cccc3-c3ccccc3-4)n2)cc1. The van der Waals surface area contributed by atoms with E-state index in [0.29, 0.717) is 17.5 Å². The summed E-state index contributed by atoms with van der Waals surface area (Å²) in [5, 5.41) is 2.35. The minimum absolute atomic E-state index is 0.645. The van der Waals surface area contributed by atoms with E-state index in [9.17, 15) is 0 Å². The third-order valence-corrected chi connectivity index (χ3v) is 9.58. The topological polar surface area (TPSA) is 43.6 Å². The fraction of sp³-hybridized carbons (Fsp3) is 0. The van der Waals surface area contributed by atoms with Gasteiger partial charge in [0.1, 0.15) is 0 Å². The molecule has 0 unspecified atom stereocenters. The van der Waals surface area contributed by atoms with Gasteiger partial charge in [-0.1, -0.05) is 152 Å². The molecule has 0 atom stereocenters. The predicted octanol–water partition coefficient (Wildman–Crippen LogP) is 11.3. The van der Waals surface area contributed by atoms with Gasteiger partial charge in [-0.05, 0) is 34.9 Å². The van der Waals surface area contributed by atoms with Crippen LogP contribution in [0.2, 0.25) is 0 Å². The van der Waals surface area contributed by atoms with Gasteiger partial charge in [0.15, 0.2) is 17.5 Å². The average molecular weight is 625 g/mol. The Balaban J connectivity index is 1.33. The number of hydrogen-bond donors (Lipinski definition) is 0. The maximum Gasteiger partial charge on any atom is 0.164 e. The van der Waals surface area contributed by atoms with Gasteiger partial charge in [0.2, 0.25) is 0 Å². The number of hydrogen-bond acceptors (Lipinski definition) is 3. The van der Waals surface area contributed by atoms with Crippen LogP contribution in [0.25, 0.3) is 95.0 Å². The molecule has 10 rings (SSSR count). The van der Waals surface area contributed by atoms with Crippen molar-refractivity contribution in [3.8, 4) is 73.2 Å². The highest BCUT2D eigenvalue weighted by Crippen LogP contribution is 2.50. The van der Waals surface area contributed by atoms with Gasteiger partial charge in [0.05, 0.1) is 16.7 Å². The third-order valence-electron chi connectivity index (χ3n) is 9.58. The molecule has 228 valence electrons. The fourth-order valence-corrected chi connectivity index (χ4v) is 7.41. The van der Waals surface area contributed by atoms with E-state index in [4.69, 9.17) is 15.0 Å². The molecule has 0 N–H and O–H groups in total. The van der Waals surface area contributed by atoms with Gasteiger partial charge in [0.25, 0.3) is 0 Å². The maximum atomic E-state index is 5.13. The second-order valence-electron chi connectivity index (χ2n) is 12.4. The molecule has 0 bridgehead atoms. The Morgan fingerprint density at radius 2 is 0.816 bits per heavy atom. The van der Waals surface area contributed by atoms with Crippen LogP contribution < -0.4 is 0 Å². The molecular weight excluding hydrogens is 597 g/mol. The first-order chi connectivity index (χ1) is 24.3. The number of aromatic nitrogens is 4. The van der Waals surface area contributed by atoms with Gasteiger partial charge < -0.3 is 4.57 Å². The highest BCUT2D eigenvalue weighted by Gasteiger charge is 2.27. The van der Waals surface area contributed by atoms with Crippen molar-refractivity contribution < 1.29 is 0 Å². The Hall–Kier alpha value is -6.65. The Labute approximate surface area is 283 Å². The minimum atomic E-state index is 0.645. The van der Waals surface area contributed by atoms with E-state index < -0.39 is 0 Å². The zero-order valence-electron chi connectivity index (χ0n) is 26.5. The van der Waals surface area contributed by atoms with E-state index >= 15 is 0 Å². The van der Waals surface area contributed by atoms with E-state index in [1.807, 2.05) is 36.4 Å². The number of fused-ring (bicyclic) bond motifs is 8. The fourth-order valence-electron chi connectivity index (χ4n) is 7.41. The lowest BCUT2D eigenvalue weighted by Crippen LogP contribution is -2.01. The summed E-state index contributed by atoms with van der Waals surface area (Å²) in [6.45, 7) is 0. The first kappa shape index (κ1) is 27.5. The molecular formula is C45H28N4. The highest BCUT2D eigenvalue weighted by molar-refractivity contribution is 6.18. The van der Waals surface area contributed by atoms with Gasteiger partial charge in [-0.2, -0.15) is 0 Å². The van der Waals surface area contributed by atoms with Crippen LogP contribution in [-0.2, 0) is 0 Å². The summed E-state index contributed by atoms with van der Waals surface area (Å²) < 4.78 is 2.49. The minimum Gasteiger partial charge on any atom is -0.307 e. The van der Waals surface area contributed by atoms with Crippen LogP contribution in [0.15, 0.2) is 170 Å². The Morgan fingerprint density at radius 3 is 1.47 bits per heavy atom. The molecule has 0 radical (unpaired) electrons. The molecule has 1 aliphatic rings. The first-order valence-electron chi connectivity index (χ1n) is 16.5. The monoisotopic (exact) mass is 624 g/mol. The smallest absolute Gasteiger partial charge is 0.164 e. The molecule has 0 saturated heterocycles. The van der Waals surface area contributed by atoms with Crippen LogP contribution in [0.4, 0.5) is 0 Å². The largest absolute Gasteiger partial charge is 0.307 e. The van der Waals surface area contributed by atoms with Crippen LogP contribution in [-0.4, -0.2) is 19.5 Å². The lowest BCUT2D eigenvalue weighted by molar-refractivity contribution is 1.07. The predicted molar refractivity (Wildman–Crippen MR) is 200 cm³/mol. The Morgan fingerprint density at radius 1 is 0.327 bits per heavy atom. The summed E-state index contributed by atoms with van der Waals surface area (Å²) in [5.74, 6) is 1.95. The summed E-state index contributed by atoms with van der Waals surface area (Å²) in [6.07, 6.45) is 0. The van der Waals surface area contributed by atoms with Gasteiger partial charge in [-0.25, -0.2) is 15.0 Å². The normalized spacial score (nSPS) is 11.7. The van der Waals surface area contributed by atoms with Crippen molar-refractivity contribution in [1.82, 2.24) is 19.5 Å². The van der Waals surface area contributed by atoms with Crippen molar-refractivity contribution >= 4 is 21.8 Å². The molecule has 9 aromatic rings. The maximum absolute atomic E-state index is 5.13. The van der Waals surface area contributed by atoms with Gasteiger partial charge in [-0.3, -0.25) is 0 Å². The van der Waals surface area contributed by atoms with E-state index in [1.165, 1.54) is 49.9 Å². The third kappa shape index (κ3) is 4.35. The van der Waals surface area contributed by atoms with Crippen LogP contribution in [0.1, 0.15) is 0 Å². The molecule has 3 heterocycles. The van der Waals surface area contributed by atoms with Crippen LogP contribution in [0.5, 0.6) is 0 Å². The molecule has 0 saturated carbocycles. The molecule has 4 heteroatoms. The number of rotatable bonds is 4. The van der Waals surface area contributed by atoms with Crippen molar-refractivity contribution in [2.45, 2.75) is 0 Å². The first-order valence-corrected chi connectivity index (χ1v) is 16.5. The number of nitrogens with zero attached hydrogens (tertiary/aromatic N) is 4. The molecule has 0 spiro atoms. The van der Waals surface area contributed by atoms with Crippen molar-refractivity contribution in [1.29, 1.82) is 0 Å². The average Bonchev–Trinajstić information content (AvgIpc) is 3.45.